The molecule has 0 bridgehead atoms. The van der Waals surface area contributed by atoms with Crippen molar-refractivity contribution in [2.45, 2.75) is 19.4 Å². The summed E-state index contributed by atoms with van der Waals surface area (Å²) in [6.45, 7) is 7.68. The van der Waals surface area contributed by atoms with Gasteiger partial charge in [-0.3, -0.25) is 9.69 Å². The van der Waals surface area contributed by atoms with Crippen molar-refractivity contribution >= 4 is 11.7 Å². The first kappa shape index (κ1) is 17.9. The van der Waals surface area contributed by atoms with E-state index in [1.807, 2.05) is 42.2 Å². The van der Waals surface area contributed by atoms with Gasteiger partial charge in [-0.2, -0.15) is 0 Å². The maximum Gasteiger partial charge on any atom is 0.253 e. The molecule has 27 heavy (non-hydrogen) atoms. The summed E-state index contributed by atoms with van der Waals surface area (Å²) in [5.41, 5.74) is 9.56. The molecule has 3 N–H and O–H groups in total. The second kappa shape index (κ2) is 7.66. The molecule has 1 amide bonds. The summed E-state index contributed by atoms with van der Waals surface area (Å²) in [6.07, 6.45) is 2.99. The van der Waals surface area contributed by atoms with Crippen molar-refractivity contribution < 1.29 is 4.79 Å². The van der Waals surface area contributed by atoms with Crippen molar-refractivity contribution in [3.05, 3.63) is 47.7 Å². The van der Waals surface area contributed by atoms with Crippen LogP contribution in [0.5, 0.6) is 0 Å². The number of aryl methyl sites for hydroxylation is 1. The van der Waals surface area contributed by atoms with Crippen molar-refractivity contribution in [2.75, 3.05) is 45.0 Å². The van der Waals surface area contributed by atoms with Gasteiger partial charge in [0.25, 0.3) is 5.91 Å². The zero-order valence-corrected chi connectivity index (χ0v) is 15.8. The Balaban J connectivity index is 1.40. The van der Waals surface area contributed by atoms with Gasteiger partial charge in [0.2, 0.25) is 0 Å². The number of rotatable bonds is 3. The standard InChI is InChI=1S/C21H27N5O/c1-15-12-18(13-24-20(15)22)16-2-4-17(5-3-16)21(27)26-10-8-25(9-11-26)19-6-7-23-14-19/h2-5,12-13,19,23H,6-11,14H2,1H3,(H2,22,24)/t19-/m0/s1. The van der Waals surface area contributed by atoms with Gasteiger partial charge < -0.3 is 16.0 Å². The number of amides is 1. The summed E-state index contributed by atoms with van der Waals surface area (Å²) in [4.78, 5) is 21.6. The minimum absolute atomic E-state index is 0.123. The minimum atomic E-state index is 0.123. The number of nitrogens with one attached hydrogen (secondary N) is 1. The number of pyridine rings is 1. The third-order valence-electron chi connectivity index (χ3n) is 5.74. The van der Waals surface area contributed by atoms with Crippen LogP contribution in [0.3, 0.4) is 0 Å². The van der Waals surface area contributed by atoms with E-state index in [9.17, 15) is 4.79 Å². The highest BCUT2D eigenvalue weighted by molar-refractivity contribution is 5.94. The first-order valence-electron chi connectivity index (χ1n) is 9.68. The number of nitrogens with zero attached hydrogens (tertiary/aromatic N) is 3. The Morgan fingerprint density at radius 1 is 1.15 bits per heavy atom. The molecule has 0 spiro atoms. The van der Waals surface area contributed by atoms with Gasteiger partial charge in [0.05, 0.1) is 0 Å². The second-order valence-corrected chi connectivity index (χ2v) is 7.48. The number of piperazine rings is 1. The van der Waals surface area contributed by atoms with E-state index in [4.69, 9.17) is 5.73 Å². The summed E-state index contributed by atoms with van der Waals surface area (Å²) >= 11 is 0. The molecule has 6 nitrogen and oxygen atoms in total. The Bertz CT molecular complexity index is 806. The van der Waals surface area contributed by atoms with Crippen LogP contribution in [0.4, 0.5) is 5.82 Å². The summed E-state index contributed by atoms with van der Waals surface area (Å²) in [6, 6.07) is 10.5. The number of aromatic nitrogens is 1. The molecule has 1 aromatic carbocycles. The molecule has 0 saturated carbocycles. The van der Waals surface area contributed by atoms with E-state index in [0.29, 0.717) is 11.9 Å². The Kier molecular flexibility index (Phi) is 5.09. The third kappa shape index (κ3) is 3.82. The molecule has 1 aromatic heterocycles. The van der Waals surface area contributed by atoms with Gasteiger partial charge in [-0.15, -0.1) is 0 Å². The molecule has 2 aliphatic rings. The largest absolute Gasteiger partial charge is 0.383 e. The predicted octanol–water partition coefficient (Wildman–Crippen LogP) is 1.76. The molecular formula is C21H27N5O. The Morgan fingerprint density at radius 3 is 2.52 bits per heavy atom. The van der Waals surface area contributed by atoms with Gasteiger partial charge >= 0.3 is 0 Å². The first-order valence-corrected chi connectivity index (χ1v) is 9.68. The summed E-state index contributed by atoms with van der Waals surface area (Å²) < 4.78 is 0. The SMILES string of the molecule is Cc1cc(-c2ccc(C(=O)N3CCN([C@H]4CCNC4)CC3)cc2)cnc1N. The lowest BCUT2D eigenvalue weighted by molar-refractivity contribution is 0.0584. The Hall–Kier alpha value is -2.44. The average Bonchev–Trinajstić information content (AvgIpc) is 3.25. The van der Waals surface area contributed by atoms with Crippen LogP contribution in [-0.2, 0) is 0 Å². The summed E-state index contributed by atoms with van der Waals surface area (Å²) in [7, 11) is 0. The molecule has 6 heteroatoms. The Morgan fingerprint density at radius 2 is 1.89 bits per heavy atom. The van der Waals surface area contributed by atoms with E-state index >= 15 is 0 Å². The fourth-order valence-electron chi connectivity index (χ4n) is 3.97. The molecule has 2 aliphatic heterocycles. The number of anilines is 1. The van der Waals surface area contributed by atoms with Crippen LogP contribution in [-0.4, -0.2) is 66.0 Å². The molecule has 4 rings (SSSR count). The van der Waals surface area contributed by atoms with Gasteiger partial charge in [-0.1, -0.05) is 12.1 Å². The number of carbonyl (C=O) groups excluding carboxylic acids is 1. The molecule has 2 saturated heterocycles. The fourth-order valence-corrected chi connectivity index (χ4v) is 3.97. The van der Waals surface area contributed by atoms with E-state index in [2.05, 4.69) is 15.2 Å². The van der Waals surface area contributed by atoms with Gasteiger partial charge in [-0.25, -0.2) is 4.98 Å². The van der Waals surface area contributed by atoms with Crippen molar-refractivity contribution in [1.82, 2.24) is 20.1 Å². The average molecular weight is 365 g/mol. The van der Waals surface area contributed by atoms with Crippen LogP contribution in [0.1, 0.15) is 22.3 Å². The number of hydrogen-bond donors (Lipinski definition) is 2. The highest BCUT2D eigenvalue weighted by atomic mass is 16.2. The fraction of sp³-hybridized carbons (Fsp3) is 0.429. The molecule has 142 valence electrons. The number of nitrogens with two attached hydrogens (primary N) is 1. The molecule has 0 aliphatic carbocycles. The van der Waals surface area contributed by atoms with Crippen molar-refractivity contribution in [2.24, 2.45) is 0 Å². The molecule has 2 fully saturated rings. The topological polar surface area (TPSA) is 74.5 Å². The van der Waals surface area contributed by atoms with Crippen LogP contribution in [0.2, 0.25) is 0 Å². The van der Waals surface area contributed by atoms with Gasteiger partial charge in [0.1, 0.15) is 5.82 Å². The van der Waals surface area contributed by atoms with E-state index in [-0.39, 0.29) is 5.91 Å². The summed E-state index contributed by atoms with van der Waals surface area (Å²) in [5.74, 6) is 0.676. The van der Waals surface area contributed by atoms with E-state index in [1.54, 1.807) is 6.20 Å². The van der Waals surface area contributed by atoms with E-state index in [0.717, 1.165) is 61.5 Å². The van der Waals surface area contributed by atoms with Crippen molar-refractivity contribution in [1.29, 1.82) is 0 Å². The van der Waals surface area contributed by atoms with Crippen molar-refractivity contribution in [3.63, 3.8) is 0 Å². The maximum absolute atomic E-state index is 12.8. The number of hydrogen-bond acceptors (Lipinski definition) is 5. The number of nitrogen functional groups attached to an aromatic ring is 1. The predicted molar refractivity (Wildman–Crippen MR) is 108 cm³/mol. The zero-order chi connectivity index (χ0) is 18.8. The van der Waals surface area contributed by atoms with E-state index in [1.165, 1.54) is 6.42 Å². The molecule has 1 atom stereocenters. The van der Waals surface area contributed by atoms with Crippen molar-refractivity contribution in [3.8, 4) is 11.1 Å². The molecule has 0 radical (unpaired) electrons. The van der Waals surface area contributed by atoms with Crippen LogP contribution in [0, 0.1) is 6.92 Å². The van der Waals surface area contributed by atoms with E-state index < -0.39 is 0 Å². The lowest BCUT2D eigenvalue weighted by Crippen LogP contribution is -2.52. The summed E-state index contributed by atoms with van der Waals surface area (Å²) in [5, 5.41) is 3.42. The van der Waals surface area contributed by atoms with Crippen LogP contribution >= 0.6 is 0 Å². The lowest BCUT2D eigenvalue weighted by atomic mass is 10.0. The number of benzene rings is 1. The molecule has 0 unspecified atom stereocenters. The highest BCUT2D eigenvalue weighted by Crippen LogP contribution is 2.23. The van der Waals surface area contributed by atoms with Gasteiger partial charge in [0, 0.05) is 56.1 Å². The first-order chi connectivity index (χ1) is 13.1. The minimum Gasteiger partial charge on any atom is -0.383 e. The second-order valence-electron chi connectivity index (χ2n) is 7.48. The molecule has 2 aromatic rings. The highest BCUT2D eigenvalue weighted by Gasteiger charge is 2.28. The third-order valence-corrected chi connectivity index (χ3v) is 5.74. The maximum atomic E-state index is 12.8. The normalized spacial score (nSPS) is 20.8. The quantitative estimate of drug-likeness (QED) is 0.867. The van der Waals surface area contributed by atoms with Gasteiger partial charge in [0.15, 0.2) is 0 Å². The lowest BCUT2D eigenvalue weighted by Gasteiger charge is -2.37. The van der Waals surface area contributed by atoms with Crippen LogP contribution in [0.15, 0.2) is 36.5 Å². The Labute approximate surface area is 160 Å². The van der Waals surface area contributed by atoms with Crippen LogP contribution in [0.25, 0.3) is 11.1 Å². The van der Waals surface area contributed by atoms with Crippen LogP contribution < -0.4 is 11.1 Å². The van der Waals surface area contributed by atoms with Gasteiger partial charge in [-0.05, 0) is 49.2 Å². The molecular weight excluding hydrogens is 338 g/mol. The molecule has 3 heterocycles. The monoisotopic (exact) mass is 365 g/mol. The smallest absolute Gasteiger partial charge is 0.253 e. The zero-order valence-electron chi connectivity index (χ0n) is 15.8. The number of carbonyl (C=O) groups is 1.